The highest BCUT2D eigenvalue weighted by Crippen LogP contribution is 2.40. The number of aromatic amines is 1. The van der Waals surface area contributed by atoms with Crippen LogP contribution in [-0.2, 0) is 9.47 Å². The molecule has 7 nitrogen and oxygen atoms in total. The largest absolute Gasteiger partial charge is 0.347 e. The van der Waals surface area contributed by atoms with Crippen LogP contribution in [0, 0.1) is 13.8 Å². The van der Waals surface area contributed by atoms with Crippen molar-refractivity contribution in [3.63, 3.8) is 0 Å². The molecule has 0 radical (unpaired) electrons. The molecule has 7 heteroatoms. The number of ether oxygens (including phenoxy) is 2. The topological polar surface area (TPSA) is 77.3 Å². The molecule has 1 aromatic carbocycles. The molecule has 0 unspecified atom stereocenters. The summed E-state index contributed by atoms with van der Waals surface area (Å²) < 4.78 is 13.5. The first kappa shape index (κ1) is 17.8. The molecular weight excluding hydrogens is 378 g/mol. The van der Waals surface area contributed by atoms with E-state index < -0.39 is 5.79 Å². The van der Waals surface area contributed by atoms with Crippen molar-refractivity contribution < 1.29 is 9.47 Å². The molecule has 0 atom stereocenters. The van der Waals surface area contributed by atoms with Crippen LogP contribution in [0.1, 0.15) is 36.1 Å². The first-order valence-electron chi connectivity index (χ1n) is 10.4. The summed E-state index contributed by atoms with van der Waals surface area (Å²) in [7, 11) is 0. The molecule has 1 saturated heterocycles. The standard InChI is InChI=1S/C23H23N5O2/c1-14-10-19-20(11-18(14)17-9-15(2)22-24-13-25-28(22)12-17)26-27-21(19)16-3-5-23(6-4-16)29-7-8-30-23/h3,9-13H,4-8H2,1-2H3,(H,26,27). The Morgan fingerprint density at radius 1 is 1.10 bits per heavy atom. The number of pyridine rings is 1. The minimum Gasteiger partial charge on any atom is -0.347 e. The van der Waals surface area contributed by atoms with E-state index >= 15 is 0 Å². The van der Waals surface area contributed by atoms with Crippen LogP contribution in [0.5, 0.6) is 0 Å². The van der Waals surface area contributed by atoms with Gasteiger partial charge in [0.2, 0.25) is 0 Å². The fraction of sp³-hybridized carbons (Fsp3) is 0.348. The van der Waals surface area contributed by atoms with E-state index in [0.717, 1.165) is 52.6 Å². The minimum atomic E-state index is -0.406. The van der Waals surface area contributed by atoms with Crippen molar-refractivity contribution in [1.29, 1.82) is 0 Å². The molecule has 1 spiro atoms. The summed E-state index contributed by atoms with van der Waals surface area (Å²) in [6, 6.07) is 6.59. The normalized spacial score (nSPS) is 18.5. The van der Waals surface area contributed by atoms with E-state index in [9.17, 15) is 0 Å². The number of hydrogen-bond donors (Lipinski definition) is 1. The maximum Gasteiger partial charge on any atom is 0.172 e. The van der Waals surface area contributed by atoms with Gasteiger partial charge in [-0.1, -0.05) is 6.08 Å². The lowest BCUT2D eigenvalue weighted by Gasteiger charge is -2.30. The SMILES string of the molecule is Cc1cc2c(C3=CCC4(CC3)OCCO4)n[nH]c2cc1-c1cc(C)c2ncnn2c1. The zero-order valence-electron chi connectivity index (χ0n) is 17.1. The fourth-order valence-corrected chi connectivity index (χ4v) is 4.75. The first-order valence-corrected chi connectivity index (χ1v) is 10.4. The molecule has 1 aliphatic carbocycles. The van der Waals surface area contributed by atoms with E-state index in [1.165, 1.54) is 16.7 Å². The number of H-pyrrole nitrogens is 1. The van der Waals surface area contributed by atoms with Crippen LogP contribution in [0.3, 0.4) is 0 Å². The molecule has 6 rings (SSSR count). The zero-order valence-corrected chi connectivity index (χ0v) is 17.1. The van der Waals surface area contributed by atoms with E-state index in [1.807, 2.05) is 10.7 Å². The number of nitrogens with zero attached hydrogens (tertiary/aromatic N) is 4. The second-order valence-electron chi connectivity index (χ2n) is 8.27. The summed E-state index contributed by atoms with van der Waals surface area (Å²) in [6.45, 7) is 5.60. The van der Waals surface area contributed by atoms with Gasteiger partial charge in [-0.3, -0.25) is 5.10 Å². The Morgan fingerprint density at radius 3 is 2.77 bits per heavy atom. The zero-order chi connectivity index (χ0) is 20.3. The van der Waals surface area contributed by atoms with E-state index in [0.29, 0.717) is 13.2 Å². The molecule has 2 aliphatic rings. The van der Waals surface area contributed by atoms with Crippen LogP contribution < -0.4 is 0 Å². The molecule has 3 aromatic heterocycles. The van der Waals surface area contributed by atoms with Crippen molar-refractivity contribution in [3.05, 3.63) is 53.6 Å². The average molecular weight is 401 g/mol. The monoisotopic (exact) mass is 401 g/mol. The van der Waals surface area contributed by atoms with Gasteiger partial charge in [-0.15, -0.1) is 0 Å². The summed E-state index contributed by atoms with van der Waals surface area (Å²) in [5.41, 5.74) is 8.83. The Balaban J connectivity index is 1.40. The van der Waals surface area contributed by atoms with E-state index in [2.05, 4.69) is 58.4 Å². The number of aryl methyl sites for hydroxylation is 2. The second kappa shape index (κ2) is 6.48. The number of hydrogen-bond acceptors (Lipinski definition) is 5. The summed E-state index contributed by atoms with van der Waals surface area (Å²) in [5, 5.41) is 13.4. The van der Waals surface area contributed by atoms with Gasteiger partial charge in [-0.2, -0.15) is 10.2 Å². The molecule has 0 saturated carbocycles. The molecule has 152 valence electrons. The van der Waals surface area contributed by atoms with Crippen molar-refractivity contribution in [3.8, 4) is 11.1 Å². The number of benzene rings is 1. The lowest BCUT2D eigenvalue weighted by atomic mass is 9.90. The van der Waals surface area contributed by atoms with Crippen molar-refractivity contribution in [2.24, 2.45) is 0 Å². The molecule has 1 N–H and O–H groups in total. The molecule has 4 heterocycles. The van der Waals surface area contributed by atoms with Gasteiger partial charge in [-0.05, 0) is 60.7 Å². The Morgan fingerprint density at radius 2 is 1.97 bits per heavy atom. The van der Waals surface area contributed by atoms with E-state index in [4.69, 9.17) is 9.47 Å². The maximum atomic E-state index is 5.85. The Bertz CT molecular complexity index is 1310. The van der Waals surface area contributed by atoms with E-state index in [1.54, 1.807) is 6.33 Å². The van der Waals surface area contributed by atoms with Crippen molar-refractivity contribution in [1.82, 2.24) is 24.8 Å². The number of aromatic nitrogens is 5. The van der Waals surface area contributed by atoms with Crippen LogP contribution in [0.4, 0.5) is 0 Å². The minimum absolute atomic E-state index is 0.406. The Kier molecular flexibility index (Phi) is 3.85. The highest BCUT2D eigenvalue weighted by Gasteiger charge is 2.38. The lowest BCUT2D eigenvalue weighted by Crippen LogP contribution is -2.31. The molecule has 4 aromatic rings. The first-order chi connectivity index (χ1) is 14.6. The number of nitrogens with one attached hydrogen (secondary N) is 1. The van der Waals surface area contributed by atoms with Crippen LogP contribution in [-0.4, -0.2) is 43.8 Å². The smallest absolute Gasteiger partial charge is 0.172 e. The fourth-order valence-electron chi connectivity index (χ4n) is 4.75. The molecule has 1 fully saturated rings. The van der Waals surface area contributed by atoms with Gasteiger partial charge in [-0.25, -0.2) is 9.50 Å². The molecular formula is C23H23N5O2. The highest BCUT2D eigenvalue weighted by molar-refractivity contribution is 5.94. The molecule has 1 aliphatic heterocycles. The predicted octanol–water partition coefficient (Wildman–Crippen LogP) is 4.20. The quantitative estimate of drug-likeness (QED) is 0.545. The van der Waals surface area contributed by atoms with Crippen molar-refractivity contribution in [2.75, 3.05) is 13.2 Å². The molecule has 0 bridgehead atoms. The van der Waals surface area contributed by atoms with Gasteiger partial charge in [0.25, 0.3) is 0 Å². The van der Waals surface area contributed by atoms with Gasteiger partial charge < -0.3 is 9.47 Å². The van der Waals surface area contributed by atoms with Crippen molar-refractivity contribution >= 4 is 22.1 Å². The van der Waals surface area contributed by atoms with Crippen LogP contribution in [0.25, 0.3) is 33.3 Å². The van der Waals surface area contributed by atoms with Gasteiger partial charge in [0.1, 0.15) is 6.33 Å². The van der Waals surface area contributed by atoms with Crippen LogP contribution in [0.15, 0.2) is 36.8 Å². The summed E-state index contributed by atoms with van der Waals surface area (Å²) in [4.78, 5) is 4.32. The predicted molar refractivity (Wildman–Crippen MR) is 114 cm³/mol. The van der Waals surface area contributed by atoms with Gasteiger partial charge in [0.15, 0.2) is 11.4 Å². The summed E-state index contributed by atoms with van der Waals surface area (Å²) >= 11 is 0. The summed E-state index contributed by atoms with van der Waals surface area (Å²) in [6.07, 6.45) is 8.42. The van der Waals surface area contributed by atoms with Gasteiger partial charge >= 0.3 is 0 Å². The summed E-state index contributed by atoms with van der Waals surface area (Å²) in [5.74, 6) is -0.406. The molecule has 30 heavy (non-hydrogen) atoms. The van der Waals surface area contributed by atoms with Crippen LogP contribution >= 0.6 is 0 Å². The third kappa shape index (κ3) is 2.69. The average Bonchev–Trinajstić information content (AvgIpc) is 3.48. The number of allylic oxidation sites excluding steroid dienone is 1. The molecule has 0 amide bonds. The third-order valence-electron chi connectivity index (χ3n) is 6.33. The third-order valence-corrected chi connectivity index (χ3v) is 6.33. The Hall–Kier alpha value is -3.03. The highest BCUT2D eigenvalue weighted by atomic mass is 16.7. The maximum absolute atomic E-state index is 5.85. The van der Waals surface area contributed by atoms with Gasteiger partial charge in [0.05, 0.1) is 24.4 Å². The lowest BCUT2D eigenvalue weighted by molar-refractivity contribution is -0.159. The number of rotatable bonds is 2. The Labute approximate surface area is 173 Å². The van der Waals surface area contributed by atoms with Crippen molar-refractivity contribution in [2.45, 2.75) is 38.9 Å². The second-order valence-corrected chi connectivity index (χ2v) is 8.27. The number of fused-ring (bicyclic) bond motifs is 2. The van der Waals surface area contributed by atoms with Crippen LogP contribution in [0.2, 0.25) is 0 Å². The van der Waals surface area contributed by atoms with Gasteiger partial charge in [0, 0.05) is 30.0 Å². The van der Waals surface area contributed by atoms with E-state index in [-0.39, 0.29) is 0 Å².